The van der Waals surface area contributed by atoms with Gasteiger partial charge < -0.3 is 19.4 Å². The number of halogens is 3. The Kier molecular flexibility index (Phi) is 6.11. The highest BCUT2D eigenvalue weighted by molar-refractivity contribution is 5.69. The first-order chi connectivity index (χ1) is 15.8. The topological polar surface area (TPSA) is 79.6 Å². The van der Waals surface area contributed by atoms with Crippen LogP contribution >= 0.6 is 0 Å². The molecule has 9 nitrogen and oxygen atoms in total. The summed E-state index contributed by atoms with van der Waals surface area (Å²) in [5.41, 5.74) is 1.30. The molecule has 0 aromatic carbocycles. The highest BCUT2D eigenvalue weighted by atomic mass is 19.4. The van der Waals surface area contributed by atoms with E-state index >= 15 is 0 Å². The van der Waals surface area contributed by atoms with Crippen LogP contribution in [0, 0.1) is 0 Å². The molecule has 1 atom stereocenters. The molecular formula is C22H30F3N7O2. The van der Waals surface area contributed by atoms with Crippen LogP contribution < -0.4 is 9.80 Å². The summed E-state index contributed by atoms with van der Waals surface area (Å²) in [7, 11) is 1.82. The van der Waals surface area contributed by atoms with Crippen LogP contribution in [0.2, 0.25) is 0 Å². The molecule has 0 unspecified atom stereocenters. The van der Waals surface area contributed by atoms with E-state index in [2.05, 4.69) is 15.1 Å². The van der Waals surface area contributed by atoms with Crippen LogP contribution in [0.5, 0.6) is 0 Å². The van der Waals surface area contributed by atoms with Gasteiger partial charge in [0.25, 0.3) is 0 Å². The first kappa shape index (κ1) is 24.1. The van der Waals surface area contributed by atoms with Gasteiger partial charge in [-0.2, -0.15) is 18.3 Å². The SMILES string of the molecule is C[C@@H]1CN(c2cc(N3CCc4cn(C)nc4C3)nc(C(F)(F)F)n2)CCN1C(=O)OC(C)(C)C. The lowest BCUT2D eigenvalue weighted by atomic mass is 10.1. The van der Waals surface area contributed by atoms with Crippen LogP contribution in [0.4, 0.5) is 29.6 Å². The van der Waals surface area contributed by atoms with E-state index in [1.165, 1.54) is 0 Å². The molecule has 0 aliphatic carbocycles. The number of carbonyl (C=O) groups excluding carboxylic acids is 1. The molecule has 4 heterocycles. The number of nitrogens with zero attached hydrogens (tertiary/aromatic N) is 7. The number of piperazine rings is 1. The number of anilines is 2. The van der Waals surface area contributed by atoms with Crippen LogP contribution in [0.15, 0.2) is 12.3 Å². The molecule has 34 heavy (non-hydrogen) atoms. The van der Waals surface area contributed by atoms with Gasteiger partial charge in [0.05, 0.1) is 12.2 Å². The Morgan fingerprint density at radius 2 is 1.76 bits per heavy atom. The number of alkyl halides is 3. The molecule has 2 aromatic heterocycles. The second kappa shape index (κ2) is 8.62. The van der Waals surface area contributed by atoms with Gasteiger partial charge in [-0.15, -0.1) is 0 Å². The Morgan fingerprint density at radius 3 is 2.38 bits per heavy atom. The minimum absolute atomic E-state index is 0.194. The lowest BCUT2D eigenvalue weighted by molar-refractivity contribution is -0.144. The Morgan fingerprint density at radius 1 is 1.09 bits per heavy atom. The van der Waals surface area contributed by atoms with Gasteiger partial charge in [0, 0.05) is 51.5 Å². The molecule has 0 N–H and O–H groups in total. The van der Waals surface area contributed by atoms with Crippen molar-refractivity contribution in [2.75, 3.05) is 36.0 Å². The fraction of sp³-hybridized carbons (Fsp3) is 0.636. The van der Waals surface area contributed by atoms with Crippen molar-refractivity contribution in [2.45, 2.75) is 58.5 Å². The molecule has 0 saturated carbocycles. The molecule has 2 aromatic rings. The smallest absolute Gasteiger partial charge is 0.444 e. The Balaban J connectivity index is 1.57. The fourth-order valence-electron chi connectivity index (χ4n) is 4.27. The molecule has 4 rings (SSSR count). The van der Waals surface area contributed by atoms with Crippen LogP contribution in [0.1, 0.15) is 44.8 Å². The summed E-state index contributed by atoms with van der Waals surface area (Å²) in [6.45, 7) is 9.12. The molecule has 1 amide bonds. The second-order valence-electron chi connectivity index (χ2n) is 9.82. The Labute approximate surface area is 196 Å². The van der Waals surface area contributed by atoms with Crippen molar-refractivity contribution in [2.24, 2.45) is 7.05 Å². The first-order valence-corrected chi connectivity index (χ1v) is 11.3. The van der Waals surface area contributed by atoms with E-state index in [1.807, 2.05) is 20.2 Å². The van der Waals surface area contributed by atoms with E-state index < -0.39 is 23.7 Å². The maximum absolute atomic E-state index is 13.7. The summed E-state index contributed by atoms with van der Waals surface area (Å²) in [5.74, 6) is -0.760. The van der Waals surface area contributed by atoms with Gasteiger partial charge in [-0.25, -0.2) is 14.8 Å². The minimum atomic E-state index is -4.68. The number of ether oxygens (including phenoxy) is 1. The number of fused-ring (bicyclic) bond motifs is 1. The van der Waals surface area contributed by atoms with Crippen molar-refractivity contribution >= 4 is 17.7 Å². The molecule has 2 aliphatic rings. The molecule has 0 bridgehead atoms. The third-order valence-electron chi connectivity index (χ3n) is 5.84. The number of aromatic nitrogens is 4. The number of carbonyl (C=O) groups is 1. The fourth-order valence-corrected chi connectivity index (χ4v) is 4.27. The van der Waals surface area contributed by atoms with Crippen LogP contribution in [-0.2, 0) is 30.9 Å². The van der Waals surface area contributed by atoms with Crippen molar-refractivity contribution in [3.63, 3.8) is 0 Å². The normalized spacial score (nSPS) is 19.3. The average Bonchev–Trinajstić information content (AvgIpc) is 3.10. The first-order valence-electron chi connectivity index (χ1n) is 11.3. The molecule has 0 spiro atoms. The summed E-state index contributed by atoms with van der Waals surface area (Å²) in [4.78, 5) is 25.4. The zero-order valence-corrected chi connectivity index (χ0v) is 20.1. The van der Waals surface area contributed by atoms with Gasteiger partial charge in [-0.05, 0) is 39.7 Å². The number of rotatable bonds is 2. The van der Waals surface area contributed by atoms with Crippen molar-refractivity contribution in [3.05, 3.63) is 29.3 Å². The summed E-state index contributed by atoms with van der Waals surface area (Å²) in [6.07, 6.45) is -2.50. The summed E-state index contributed by atoms with van der Waals surface area (Å²) >= 11 is 0. The van der Waals surface area contributed by atoms with E-state index in [4.69, 9.17) is 4.74 Å². The number of amides is 1. The maximum atomic E-state index is 13.7. The van der Waals surface area contributed by atoms with Crippen molar-refractivity contribution in [3.8, 4) is 0 Å². The van der Waals surface area contributed by atoms with Crippen molar-refractivity contribution in [1.82, 2.24) is 24.6 Å². The standard InChI is InChI=1S/C22H30F3N7O2/c1-14-11-31(8-9-32(14)20(33)34-21(2,3)4)18-10-17(26-19(27-18)22(23,24)25)30-7-6-15-12-29(5)28-16(15)13-30/h10,12,14H,6-9,11,13H2,1-5H3/t14-/m1/s1. The molecule has 2 aliphatic heterocycles. The van der Waals surface area contributed by atoms with E-state index in [9.17, 15) is 18.0 Å². The largest absolute Gasteiger partial charge is 0.451 e. The molecule has 12 heteroatoms. The van der Waals surface area contributed by atoms with Gasteiger partial charge in [-0.3, -0.25) is 4.68 Å². The van der Waals surface area contributed by atoms with E-state index in [0.717, 1.165) is 11.3 Å². The lowest BCUT2D eigenvalue weighted by Gasteiger charge is -2.41. The highest BCUT2D eigenvalue weighted by Crippen LogP contribution is 2.32. The second-order valence-corrected chi connectivity index (χ2v) is 9.82. The lowest BCUT2D eigenvalue weighted by Crippen LogP contribution is -2.55. The summed E-state index contributed by atoms with van der Waals surface area (Å²) in [6, 6.07) is 1.33. The molecule has 0 radical (unpaired) electrons. The molecule has 1 fully saturated rings. The highest BCUT2D eigenvalue weighted by Gasteiger charge is 2.38. The van der Waals surface area contributed by atoms with E-state index in [0.29, 0.717) is 39.1 Å². The predicted molar refractivity (Wildman–Crippen MR) is 120 cm³/mol. The van der Waals surface area contributed by atoms with Crippen LogP contribution in [-0.4, -0.2) is 68.6 Å². The maximum Gasteiger partial charge on any atom is 0.451 e. The van der Waals surface area contributed by atoms with E-state index in [-0.39, 0.29) is 17.7 Å². The predicted octanol–water partition coefficient (Wildman–Crippen LogP) is 3.24. The molecule has 186 valence electrons. The van der Waals surface area contributed by atoms with Crippen LogP contribution in [0.3, 0.4) is 0 Å². The Hall–Kier alpha value is -3.05. The van der Waals surface area contributed by atoms with Crippen molar-refractivity contribution in [1.29, 1.82) is 0 Å². The van der Waals surface area contributed by atoms with Crippen LogP contribution in [0.25, 0.3) is 0 Å². The number of aryl methyl sites for hydroxylation is 1. The third-order valence-corrected chi connectivity index (χ3v) is 5.84. The summed E-state index contributed by atoms with van der Waals surface area (Å²) < 4.78 is 48.2. The van der Waals surface area contributed by atoms with Gasteiger partial charge in [0.15, 0.2) is 0 Å². The van der Waals surface area contributed by atoms with Gasteiger partial charge in [-0.1, -0.05) is 0 Å². The molecule has 1 saturated heterocycles. The summed E-state index contributed by atoms with van der Waals surface area (Å²) in [5, 5.41) is 4.42. The quantitative estimate of drug-likeness (QED) is 0.652. The molecular weight excluding hydrogens is 451 g/mol. The minimum Gasteiger partial charge on any atom is -0.444 e. The van der Waals surface area contributed by atoms with E-state index in [1.54, 1.807) is 46.2 Å². The number of hydrogen-bond acceptors (Lipinski definition) is 7. The van der Waals surface area contributed by atoms with Gasteiger partial charge >= 0.3 is 12.3 Å². The van der Waals surface area contributed by atoms with Gasteiger partial charge in [0.1, 0.15) is 17.2 Å². The third kappa shape index (κ3) is 5.20. The number of hydrogen-bond donors (Lipinski definition) is 0. The Bertz CT molecular complexity index is 1060. The monoisotopic (exact) mass is 481 g/mol. The van der Waals surface area contributed by atoms with Gasteiger partial charge in [0.2, 0.25) is 5.82 Å². The zero-order valence-electron chi connectivity index (χ0n) is 20.1. The zero-order chi connectivity index (χ0) is 24.8. The van der Waals surface area contributed by atoms with Crippen molar-refractivity contribution < 1.29 is 22.7 Å². The average molecular weight is 482 g/mol.